The van der Waals surface area contributed by atoms with E-state index in [2.05, 4.69) is 20.4 Å². The Kier molecular flexibility index (Phi) is 12.7. The van der Waals surface area contributed by atoms with Crippen LogP contribution in [0, 0.1) is 0 Å². The minimum absolute atomic E-state index is 0. The summed E-state index contributed by atoms with van der Waals surface area (Å²) >= 11 is 0. The standard InChI is InChI=1S/C16H30N4O3.HI/c1-4-14(21)20-11-9-13(12-20)19-16(17-5-2)18-10-7-6-8-15(22)23-3;/h13H,4-12H2,1-3H3,(H2,17,18,19);1H. The lowest BCUT2D eigenvalue weighted by Gasteiger charge is -2.18. The third-order valence-corrected chi connectivity index (χ3v) is 3.82. The summed E-state index contributed by atoms with van der Waals surface area (Å²) in [7, 11) is 1.40. The van der Waals surface area contributed by atoms with Gasteiger partial charge in [0.05, 0.1) is 7.11 Å². The molecule has 1 aliphatic rings. The van der Waals surface area contributed by atoms with Gasteiger partial charge in [-0.3, -0.25) is 14.6 Å². The van der Waals surface area contributed by atoms with Gasteiger partial charge in [0.2, 0.25) is 5.91 Å². The maximum atomic E-state index is 11.7. The van der Waals surface area contributed by atoms with Crippen molar-refractivity contribution in [3.63, 3.8) is 0 Å². The molecule has 0 saturated carbocycles. The van der Waals surface area contributed by atoms with Crippen LogP contribution in [0.1, 0.15) is 46.0 Å². The molecule has 0 spiro atoms. The van der Waals surface area contributed by atoms with Crippen molar-refractivity contribution in [3.05, 3.63) is 0 Å². The van der Waals surface area contributed by atoms with Crippen LogP contribution < -0.4 is 10.6 Å². The molecule has 1 atom stereocenters. The zero-order chi connectivity index (χ0) is 17.1. The van der Waals surface area contributed by atoms with Crippen molar-refractivity contribution >= 4 is 41.8 Å². The maximum Gasteiger partial charge on any atom is 0.305 e. The summed E-state index contributed by atoms with van der Waals surface area (Å²) in [5, 5.41) is 6.61. The van der Waals surface area contributed by atoms with Crippen LogP contribution in [0.25, 0.3) is 0 Å². The van der Waals surface area contributed by atoms with Gasteiger partial charge in [-0.15, -0.1) is 24.0 Å². The van der Waals surface area contributed by atoms with E-state index in [4.69, 9.17) is 0 Å². The van der Waals surface area contributed by atoms with Crippen LogP contribution in [0.15, 0.2) is 4.99 Å². The smallest absolute Gasteiger partial charge is 0.305 e. The average molecular weight is 454 g/mol. The fraction of sp³-hybridized carbons (Fsp3) is 0.812. The van der Waals surface area contributed by atoms with E-state index in [1.165, 1.54) is 7.11 Å². The number of aliphatic imine (C=N–C) groups is 1. The van der Waals surface area contributed by atoms with Crippen molar-refractivity contribution in [1.29, 1.82) is 0 Å². The van der Waals surface area contributed by atoms with E-state index in [1.54, 1.807) is 0 Å². The molecular weight excluding hydrogens is 423 g/mol. The molecule has 1 fully saturated rings. The number of nitrogens with one attached hydrogen (secondary N) is 2. The van der Waals surface area contributed by atoms with Crippen molar-refractivity contribution in [2.24, 2.45) is 4.99 Å². The predicted octanol–water partition coefficient (Wildman–Crippen LogP) is 1.51. The second-order valence-electron chi connectivity index (χ2n) is 5.62. The minimum Gasteiger partial charge on any atom is -0.469 e. The number of carbonyl (C=O) groups excluding carboxylic acids is 2. The Hall–Kier alpha value is -1.06. The maximum absolute atomic E-state index is 11.7. The lowest BCUT2D eigenvalue weighted by atomic mass is 10.2. The number of hydrogen-bond donors (Lipinski definition) is 2. The molecule has 1 aliphatic heterocycles. The molecule has 140 valence electrons. The van der Waals surface area contributed by atoms with Gasteiger partial charge in [0.25, 0.3) is 0 Å². The third-order valence-electron chi connectivity index (χ3n) is 3.82. The lowest BCUT2D eigenvalue weighted by molar-refractivity contribution is -0.140. The van der Waals surface area contributed by atoms with Crippen LogP contribution in [-0.2, 0) is 14.3 Å². The molecule has 0 aliphatic carbocycles. The van der Waals surface area contributed by atoms with Gasteiger partial charge in [0.1, 0.15) is 0 Å². The van der Waals surface area contributed by atoms with Gasteiger partial charge < -0.3 is 20.3 Å². The highest BCUT2D eigenvalue weighted by Crippen LogP contribution is 2.10. The molecule has 0 aromatic carbocycles. The highest BCUT2D eigenvalue weighted by molar-refractivity contribution is 14.0. The summed E-state index contributed by atoms with van der Waals surface area (Å²) in [6, 6.07) is 0.248. The van der Waals surface area contributed by atoms with Gasteiger partial charge in [-0.2, -0.15) is 0 Å². The Balaban J connectivity index is 0.00000529. The highest BCUT2D eigenvalue weighted by Gasteiger charge is 2.25. The van der Waals surface area contributed by atoms with Crippen LogP contribution in [0.4, 0.5) is 0 Å². The molecule has 0 radical (unpaired) electrons. The third kappa shape index (κ3) is 8.70. The van der Waals surface area contributed by atoms with E-state index in [0.29, 0.717) is 19.4 Å². The monoisotopic (exact) mass is 454 g/mol. The molecule has 1 heterocycles. The second-order valence-corrected chi connectivity index (χ2v) is 5.62. The van der Waals surface area contributed by atoms with Crippen molar-refractivity contribution in [2.45, 2.75) is 52.0 Å². The number of halogens is 1. The number of ether oxygens (including phenoxy) is 1. The summed E-state index contributed by atoms with van der Waals surface area (Å²) in [4.78, 5) is 29.2. The summed E-state index contributed by atoms with van der Waals surface area (Å²) in [5.41, 5.74) is 0. The fourth-order valence-corrected chi connectivity index (χ4v) is 2.52. The van der Waals surface area contributed by atoms with Crippen molar-refractivity contribution in [3.8, 4) is 0 Å². The zero-order valence-electron chi connectivity index (χ0n) is 15.0. The van der Waals surface area contributed by atoms with Gasteiger partial charge in [-0.05, 0) is 26.2 Å². The Labute approximate surface area is 162 Å². The topological polar surface area (TPSA) is 83.0 Å². The number of guanidine groups is 1. The normalized spacial score (nSPS) is 17.2. The number of rotatable bonds is 8. The molecule has 0 bridgehead atoms. The average Bonchev–Trinajstić information content (AvgIpc) is 3.02. The van der Waals surface area contributed by atoms with Crippen LogP contribution in [0.3, 0.4) is 0 Å². The van der Waals surface area contributed by atoms with Gasteiger partial charge in [0.15, 0.2) is 5.96 Å². The number of hydrogen-bond acceptors (Lipinski definition) is 4. The van der Waals surface area contributed by atoms with Crippen molar-refractivity contribution in [2.75, 3.05) is 33.3 Å². The van der Waals surface area contributed by atoms with Crippen LogP contribution >= 0.6 is 24.0 Å². The first-order valence-corrected chi connectivity index (χ1v) is 8.50. The molecule has 24 heavy (non-hydrogen) atoms. The zero-order valence-corrected chi connectivity index (χ0v) is 17.3. The van der Waals surface area contributed by atoms with E-state index in [1.807, 2.05) is 18.7 Å². The van der Waals surface area contributed by atoms with E-state index in [0.717, 1.165) is 44.9 Å². The summed E-state index contributed by atoms with van der Waals surface area (Å²) in [5.74, 6) is 0.811. The molecule has 8 heteroatoms. The summed E-state index contributed by atoms with van der Waals surface area (Å²) in [6.07, 6.45) is 3.56. The summed E-state index contributed by atoms with van der Waals surface area (Å²) in [6.45, 7) is 6.91. The van der Waals surface area contributed by atoms with Crippen LogP contribution in [-0.4, -0.2) is 62.1 Å². The number of nitrogens with zero attached hydrogens (tertiary/aromatic N) is 2. The number of unbranched alkanes of at least 4 members (excludes halogenated alkanes) is 1. The molecule has 1 rings (SSSR count). The predicted molar refractivity (Wildman–Crippen MR) is 106 cm³/mol. The first kappa shape index (κ1) is 22.9. The molecule has 1 amide bonds. The first-order valence-electron chi connectivity index (χ1n) is 8.50. The molecule has 2 N–H and O–H groups in total. The fourth-order valence-electron chi connectivity index (χ4n) is 2.52. The van der Waals surface area contributed by atoms with E-state index < -0.39 is 0 Å². The Morgan fingerprint density at radius 1 is 1.29 bits per heavy atom. The first-order chi connectivity index (χ1) is 11.1. The van der Waals surface area contributed by atoms with Gasteiger partial charge in [-0.1, -0.05) is 6.92 Å². The SMILES string of the molecule is CCNC(=NCCCCC(=O)OC)NC1CCN(C(=O)CC)C1.I. The van der Waals surface area contributed by atoms with E-state index >= 15 is 0 Å². The Morgan fingerprint density at radius 3 is 2.67 bits per heavy atom. The van der Waals surface area contributed by atoms with Gasteiger partial charge in [0, 0.05) is 45.1 Å². The van der Waals surface area contributed by atoms with E-state index in [9.17, 15) is 9.59 Å². The number of likely N-dealkylation sites (tertiary alicyclic amines) is 1. The van der Waals surface area contributed by atoms with E-state index in [-0.39, 0.29) is 41.9 Å². The minimum atomic E-state index is -0.175. The molecule has 1 unspecified atom stereocenters. The quantitative estimate of drug-likeness (QED) is 0.191. The highest BCUT2D eigenvalue weighted by atomic mass is 127. The lowest BCUT2D eigenvalue weighted by Crippen LogP contribution is -2.45. The van der Waals surface area contributed by atoms with Gasteiger partial charge in [-0.25, -0.2) is 0 Å². The second kappa shape index (κ2) is 13.3. The molecule has 0 aromatic rings. The van der Waals surface area contributed by atoms with Crippen LogP contribution in [0.2, 0.25) is 0 Å². The largest absolute Gasteiger partial charge is 0.469 e. The Morgan fingerprint density at radius 2 is 2.04 bits per heavy atom. The molecule has 0 aromatic heterocycles. The molecular formula is C16H31IN4O3. The van der Waals surface area contributed by atoms with Crippen LogP contribution in [0.5, 0.6) is 0 Å². The summed E-state index contributed by atoms with van der Waals surface area (Å²) < 4.78 is 4.61. The number of esters is 1. The van der Waals surface area contributed by atoms with Gasteiger partial charge >= 0.3 is 5.97 Å². The van der Waals surface area contributed by atoms with Crippen molar-refractivity contribution in [1.82, 2.24) is 15.5 Å². The Bertz CT molecular complexity index is 418. The number of amides is 1. The number of carbonyl (C=O) groups is 2. The number of methoxy groups -OCH3 is 1. The molecule has 7 nitrogen and oxygen atoms in total. The molecule has 1 saturated heterocycles. The van der Waals surface area contributed by atoms with Crippen molar-refractivity contribution < 1.29 is 14.3 Å².